The van der Waals surface area contributed by atoms with Gasteiger partial charge < -0.3 is 5.73 Å². The Kier molecular flexibility index (Phi) is 4.30. The van der Waals surface area contributed by atoms with Crippen LogP contribution in [0.3, 0.4) is 0 Å². The van der Waals surface area contributed by atoms with Crippen LogP contribution < -0.4 is 5.73 Å². The van der Waals surface area contributed by atoms with Crippen LogP contribution in [0.15, 0.2) is 24.3 Å². The summed E-state index contributed by atoms with van der Waals surface area (Å²) in [7, 11) is 0. The molecule has 0 aliphatic heterocycles. The summed E-state index contributed by atoms with van der Waals surface area (Å²) in [5, 5.41) is 0. The second-order valence-electron chi connectivity index (χ2n) is 6.62. The number of anilines is 1. The van der Waals surface area contributed by atoms with Crippen LogP contribution in [0.2, 0.25) is 0 Å². The molecule has 2 nitrogen and oxygen atoms in total. The number of hydrogen-bond acceptors (Lipinski definition) is 2. The Morgan fingerprint density at radius 2 is 1.85 bits per heavy atom. The summed E-state index contributed by atoms with van der Waals surface area (Å²) >= 11 is 0. The molecule has 1 aromatic carbocycles. The van der Waals surface area contributed by atoms with Gasteiger partial charge in [-0.25, -0.2) is 0 Å². The van der Waals surface area contributed by atoms with E-state index in [2.05, 4.69) is 24.0 Å². The van der Waals surface area contributed by atoms with E-state index in [0.29, 0.717) is 0 Å². The summed E-state index contributed by atoms with van der Waals surface area (Å²) in [5.41, 5.74) is 8.44. The van der Waals surface area contributed by atoms with Gasteiger partial charge in [-0.05, 0) is 43.2 Å². The normalized spacial score (nSPS) is 26.9. The maximum atomic E-state index is 6.16. The maximum Gasteiger partial charge on any atom is 0.0359 e. The van der Waals surface area contributed by atoms with Crippen LogP contribution in [0.25, 0.3) is 0 Å². The van der Waals surface area contributed by atoms with Crippen molar-refractivity contribution in [1.82, 2.24) is 4.90 Å². The molecule has 2 atom stereocenters. The van der Waals surface area contributed by atoms with E-state index in [4.69, 9.17) is 5.73 Å². The lowest BCUT2D eigenvalue weighted by Gasteiger charge is -2.40. The summed E-state index contributed by atoms with van der Waals surface area (Å²) in [6.07, 6.45) is 9.77. The average molecular weight is 272 g/mol. The first-order valence-corrected chi connectivity index (χ1v) is 8.38. The molecule has 2 aliphatic carbocycles. The number of nitrogen functional groups attached to an aromatic ring is 1. The van der Waals surface area contributed by atoms with Crippen LogP contribution in [-0.2, 0) is 6.54 Å². The third-order valence-corrected chi connectivity index (χ3v) is 5.24. The van der Waals surface area contributed by atoms with Crippen molar-refractivity contribution in [2.45, 2.75) is 70.5 Å². The van der Waals surface area contributed by atoms with Gasteiger partial charge in [0.15, 0.2) is 0 Å². The summed E-state index contributed by atoms with van der Waals surface area (Å²) in [6.45, 7) is 3.42. The molecule has 1 aromatic rings. The minimum absolute atomic E-state index is 0.792. The fourth-order valence-electron chi connectivity index (χ4n) is 3.90. The molecule has 2 heteroatoms. The second-order valence-corrected chi connectivity index (χ2v) is 6.62. The Labute approximate surface area is 123 Å². The van der Waals surface area contributed by atoms with Gasteiger partial charge >= 0.3 is 0 Å². The molecule has 2 aliphatic rings. The van der Waals surface area contributed by atoms with Crippen molar-refractivity contribution in [2.75, 3.05) is 5.73 Å². The van der Waals surface area contributed by atoms with Crippen LogP contribution in [0, 0.1) is 5.92 Å². The first-order valence-electron chi connectivity index (χ1n) is 8.38. The number of para-hydroxylation sites is 1. The average Bonchev–Trinajstić information content (AvgIpc) is 3.31. The van der Waals surface area contributed by atoms with E-state index in [1.165, 1.54) is 50.5 Å². The van der Waals surface area contributed by atoms with Crippen molar-refractivity contribution in [1.29, 1.82) is 0 Å². The highest BCUT2D eigenvalue weighted by atomic mass is 15.2. The number of hydrogen-bond donors (Lipinski definition) is 1. The fourth-order valence-corrected chi connectivity index (χ4v) is 3.90. The standard InChI is InChI=1S/C18H28N2/c1-2-14-7-4-6-10-18(14)20(16-11-12-16)13-15-8-3-5-9-17(15)19/h3,5,8-9,14,16,18H,2,4,6-7,10-13,19H2,1H3. The van der Waals surface area contributed by atoms with Crippen LogP contribution in [0.1, 0.15) is 57.4 Å². The molecule has 0 spiro atoms. The SMILES string of the molecule is CCC1CCCCC1N(Cc1ccccc1N)C1CC1. The molecule has 2 N–H and O–H groups in total. The minimum Gasteiger partial charge on any atom is -0.398 e. The number of nitrogens with zero attached hydrogens (tertiary/aromatic N) is 1. The summed E-state index contributed by atoms with van der Waals surface area (Å²) in [5.74, 6) is 0.897. The number of nitrogens with two attached hydrogens (primary N) is 1. The molecule has 0 amide bonds. The predicted octanol–water partition coefficient (Wildman–Crippen LogP) is 4.20. The van der Waals surface area contributed by atoms with Gasteiger partial charge in [-0.2, -0.15) is 0 Å². The van der Waals surface area contributed by atoms with E-state index < -0.39 is 0 Å². The maximum absolute atomic E-state index is 6.16. The van der Waals surface area contributed by atoms with Crippen molar-refractivity contribution >= 4 is 5.69 Å². The van der Waals surface area contributed by atoms with Crippen molar-refractivity contribution < 1.29 is 0 Å². The third-order valence-electron chi connectivity index (χ3n) is 5.24. The molecular formula is C18H28N2. The Morgan fingerprint density at radius 1 is 1.10 bits per heavy atom. The molecule has 110 valence electrons. The van der Waals surface area contributed by atoms with E-state index >= 15 is 0 Å². The van der Waals surface area contributed by atoms with Crippen molar-refractivity contribution in [3.05, 3.63) is 29.8 Å². The lowest BCUT2D eigenvalue weighted by Crippen LogP contribution is -2.43. The highest BCUT2D eigenvalue weighted by Crippen LogP contribution is 2.38. The largest absolute Gasteiger partial charge is 0.398 e. The van der Waals surface area contributed by atoms with E-state index in [9.17, 15) is 0 Å². The zero-order valence-electron chi connectivity index (χ0n) is 12.7. The quantitative estimate of drug-likeness (QED) is 0.814. The van der Waals surface area contributed by atoms with Crippen LogP contribution >= 0.6 is 0 Å². The highest BCUT2D eigenvalue weighted by molar-refractivity contribution is 5.46. The van der Waals surface area contributed by atoms with E-state index in [1.54, 1.807) is 0 Å². The van der Waals surface area contributed by atoms with Crippen LogP contribution in [0.4, 0.5) is 5.69 Å². The molecule has 0 saturated heterocycles. The highest BCUT2D eigenvalue weighted by Gasteiger charge is 2.37. The van der Waals surface area contributed by atoms with E-state index in [1.807, 2.05) is 12.1 Å². The molecule has 2 fully saturated rings. The monoisotopic (exact) mass is 272 g/mol. The van der Waals surface area contributed by atoms with Gasteiger partial charge in [0.25, 0.3) is 0 Å². The Hall–Kier alpha value is -1.02. The van der Waals surface area contributed by atoms with Gasteiger partial charge in [0, 0.05) is 24.3 Å². The van der Waals surface area contributed by atoms with Crippen LogP contribution in [-0.4, -0.2) is 17.0 Å². The first kappa shape index (κ1) is 13.9. The lowest BCUT2D eigenvalue weighted by atomic mass is 9.81. The van der Waals surface area contributed by atoms with Gasteiger partial charge in [0.1, 0.15) is 0 Å². The topological polar surface area (TPSA) is 29.3 Å². The van der Waals surface area contributed by atoms with Gasteiger partial charge in [-0.3, -0.25) is 4.90 Å². The molecule has 0 heterocycles. The molecule has 0 aromatic heterocycles. The molecule has 20 heavy (non-hydrogen) atoms. The van der Waals surface area contributed by atoms with Crippen molar-refractivity contribution in [3.8, 4) is 0 Å². The van der Waals surface area contributed by atoms with Gasteiger partial charge in [-0.1, -0.05) is 44.4 Å². The summed E-state index contributed by atoms with van der Waals surface area (Å²) in [6, 6.07) is 10.0. The molecule has 2 saturated carbocycles. The number of benzene rings is 1. The van der Waals surface area contributed by atoms with Crippen LogP contribution in [0.5, 0.6) is 0 Å². The summed E-state index contributed by atoms with van der Waals surface area (Å²) in [4.78, 5) is 2.79. The smallest absolute Gasteiger partial charge is 0.0359 e. The zero-order chi connectivity index (χ0) is 13.9. The predicted molar refractivity (Wildman–Crippen MR) is 85.5 cm³/mol. The third kappa shape index (κ3) is 3.01. The zero-order valence-corrected chi connectivity index (χ0v) is 12.7. The minimum atomic E-state index is 0.792. The Bertz CT molecular complexity index is 439. The van der Waals surface area contributed by atoms with Gasteiger partial charge in [0.2, 0.25) is 0 Å². The molecule has 2 unspecified atom stereocenters. The summed E-state index contributed by atoms with van der Waals surface area (Å²) < 4.78 is 0. The van der Waals surface area contributed by atoms with Crippen molar-refractivity contribution in [3.63, 3.8) is 0 Å². The molecule has 0 radical (unpaired) electrons. The van der Waals surface area contributed by atoms with E-state index in [0.717, 1.165) is 30.2 Å². The van der Waals surface area contributed by atoms with E-state index in [-0.39, 0.29) is 0 Å². The lowest BCUT2D eigenvalue weighted by molar-refractivity contribution is 0.0866. The first-order chi connectivity index (χ1) is 9.79. The molecule has 3 rings (SSSR count). The molecule has 0 bridgehead atoms. The van der Waals surface area contributed by atoms with Gasteiger partial charge in [0.05, 0.1) is 0 Å². The fraction of sp³-hybridized carbons (Fsp3) is 0.667. The van der Waals surface area contributed by atoms with Crippen molar-refractivity contribution in [2.24, 2.45) is 5.92 Å². The Balaban J connectivity index is 1.77. The molecular weight excluding hydrogens is 244 g/mol. The van der Waals surface area contributed by atoms with Gasteiger partial charge in [-0.15, -0.1) is 0 Å². The Morgan fingerprint density at radius 3 is 2.55 bits per heavy atom. The number of rotatable bonds is 5. The second kappa shape index (κ2) is 6.17.